The van der Waals surface area contributed by atoms with Crippen LogP contribution in [0.5, 0.6) is 0 Å². The number of hydrogen-bond acceptors (Lipinski definition) is 8. The standard InChI is InChI=1S/C30H32N6O5S/c1-20-8-12-24(13-9-20)35-28(26-6-4-16-41-26)31-32-30(35)42-17-5-7-27(37)33-14-15-34(22(3)19-33)29(38)23-11-10-21(2)25(18-23)36(39)40/h4,6,8-13,16,18,22H,5,7,14-15,17,19H2,1-3H3. The van der Waals surface area contributed by atoms with Crippen LogP contribution in [0.2, 0.25) is 0 Å². The first-order valence-electron chi connectivity index (χ1n) is 13.8. The van der Waals surface area contributed by atoms with Gasteiger partial charge in [-0.2, -0.15) is 0 Å². The molecule has 0 N–H and O–H groups in total. The third-order valence-corrected chi connectivity index (χ3v) is 8.34. The molecule has 1 atom stereocenters. The molecule has 0 saturated carbocycles. The first-order valence-corrected chi connectivity index (χ1v) is 14.7. The lowest BCUT2D eigenvalue weighted by Gasteiger charge is -2.40. The molecular formula is C30H32N6O5S. The number of nitrogens with zero attached hydrogens (tertiary/aromatic N) is 6. The highest BCUT2D eigenvalue weighted by atomic mass is 32.2. The van der Waals surface area contributed by atoms with Gasteiger partial charge in [-0.1, -0.05) is 35.5 Å². The van der Waals surface area contributed by atoms with E-state index in [2.05, 4.69) is 10.2 Å². The van der Waals surface area contributed by atoms with Gasteiger partial charge in [-0.25, -0.2) is 0 Å². The van der Waals surface area contributed by atoms with Crippen LogP contribution in [0, 0.1) is 24.0 Å². The molecule has 4 aromatic rings. The summed E-state index contributed by atoms with van der Waals surface area (Å²) >= 11 is 1.54. The molecule has 3 heterocycles. The van der Waals surface area contributed by atoms with E-state index in [1.165, 1.54) is 17.8 Å². The van der Waals surface area contributed by atoms with E-state index >= 15 is 0 Å². The highest BCUT2D eigenvalue weighted by molar-refractivity contribution is 7.99. The number of aryl methyl sites for hydroxylation is 2. The maximum atomic E-state index is 13.1. The number of thioether (sulfide) groups is 1. The average Bonchev–Trinajstić information content (AvgIpc) is 3.66. The Morgan fingerprint density at radius 1 is 1.10 bits per heavy atom. The Balaban J connectivity index is 1.16. The highest BCUT2D eigenvalue weighted by Gasteiger charge is 2.31. The van der Waals surface area contributed by atoms with Gasteiger partial charge in [-0.15, -0.1) is 10.2 Å². The van der Waals surface area contributed by atoms with Crippen LogP contribution in [0.15, 0.2) is 70.4 Å². The van der Waals surface area contributed by atoms with Crippen LogP contribution < -0.4 is 0 Å². The fraction of sp³-hybridized carbons (Fsp3) is 0.333. The molecule has 5 rings (SSSR count). The molecule has 1 saturated heterocycles. The van der Waals surface area contributed by atoms with Gasteiger partial charge in [0.2, 0.25) is 11.7 Å². The van der Waals surface area contributed by atoms with Crippen molar-refractivity contribution in [3.8, 4) is 17.3 Å². The lowest BCUT2D eigenvalue weighted by Crippen LogP contribution is -2.55. The minimum Gasteiger partial charge on any atom is -0.461 e. The molecule has 1 aliphatic rings. The van der Waals surface area contributed by atoms with Crippen LogP contribution in [-0.4, -0.2) is 72.7 Å². The first kappa shape index (κ1) is 29.1. The Bertz CT molecular complexity index is 1580. The monoisotopic (exact) mass is 588 g/mol. The number of piperazine rings is 1. The second-order valence-electron chi connectivity index (χ2n) is 10.4. The fourth-order valence-corrected chi connectivity index (χ4v) is 5.88. The number of nitro groups is 1. The predicted molar refractivity (Wildman–Crippen MR) is 159 cm³/mol. The number of carbonyl (C=O) groups is 2. The van der Waals surface area contributed by atoms with E-state index in [1.807, 2.05) is 54.8 Å². The van der Waals surface area contributed by atoms with E-state index in [-0.39, 0.29) is 29.1 Å². The van der Waals surface area contributed by atoms with Crippen molar-refractivity contribution >= 4 is 29.3 Å². The Labute approximate surface area is 247 Å². The second kappa shape index (κ2) is 12.6. The molecule has 12 heteroatoms. The van der Waals surface area contributed by atoms with Gasteiger partial charge in [0.05, 0.1) is 11.2 Å². The smallest absolute Gasteiger partial charge is 0.273 e. The van der Waals surface area contributed by atoms with Crippen LogP contribution in [0.1, 0.15) is 41.3 Å². The Morgan fingerprint density at radius 2 is 1.88 bits per heavy atom. The van der Waals surface area contributed by atoms with Gasteiger partial charge >= 0.3 is 0 Å². The van der Waals surface area contributed by atoms with Crippen molar-refractivity contribution < 1.29 is 18.9 Å². The topological polar surface area (TPSA) is 128 Å². The SMILES string of the molecule is Cc1ccc(-n2c(SCCCC(=O)N3CCN(C(=O)c4ccc(C)c([N+](=O)[O-])c4)C(C)C3)nnc2-c2ccco2)cc1. The minimum atomic E-state index is -0.477. The summed E-state index contributed by atoms with van der Waals surface area (Å²) in [4.78, 5) is 40.5. The predicted octanol–water partition coefficient (Wildman–Crippen LogP) is 5.30. The molecule has 2 amide bonds. The van der Waals surface area contributed by atoms with E-state index in [9.17, 15) is 19.7 Å². The lowest BCUT2D eigenvalue weighted by atomic mass is 10.1. The van der Waals surface area contributed by atoms with Crippen molar-refractivity contribution in [1.82, 2.24) is 24.6 Å². The van der Waals surface area contributed by atoms with Gasteiger partial charge in [0.15, 0.2) is 10.9 Å². The summed E-state index contributed by atoms with van der Waals surface area (Å²) in [7, 11) is 0. The Morgan fingerprint density at radius 3 is 2.57 bits per heavy atom. The molecular weight excluding hydrogens is 556 g/mol. The van der Waals surface area contributed by atoms with Gasteiger partial charge in [0.1, 0.15) is 0 Å². The molecule has 0 spiro atoms. The molecule has 2 aromatic heterocycles. The quantitative estimate of drug-likeness (QED) is 0.112. The van der Waals surface area contributed by atoms with Crippen molar-refractivity contribution in [2.24, 2.45) is 0 Å². The maximum Gasteiger partial charge on any atom is 0.273 e. The van der Waals surface area contributed by atoms with Crippen LogP contribution in [0.25, 0.3) is 17.3 Å². The van der Waals surface area contributed by atoms with Gasteiger partial charge in [0, 0.05) is 60.7 Å². The van der Waals surface area contributed by atoms with Crippen LogP contribution >= 0.6 is 11.8 Å². The minimum absolute atomic E-state index is 0.0387. The number of aromatic nitrogens is 3. The van der Waals surface area contributed by atoms with Crippen molar-refractivity contribution in [3.05, 3.63) is 87.7 Å². The van der Waals surface area contributed by atoms with E-state index in [0.717, 1.165) is 16.4 Å². The maximum absolute atomic E-state index is 13.1. The van der Waals surface area contributed by atoms with Gasteiger partial charge in [-0.05, 0) is 57.5 Å². The molecule has 2 aromatic carbocycles. The lowest BCUT2D eigenvalue weighted by molar-refractivity contribution is -0.385. The zero-order valence-electron chi connectivity index (χ0n) is 23.7. The van der Waals surface area contributed by atoms with Gasteiger partial charge in [0.25, 0.3) is 11.6 Å². The summed E-state index contributed by atoms with van der Waals surface area (Å²) < 4.78 is 7.55. The molecule has 0 radical (unpaired) electrons. The molecule has 218 valence electrons. The second-order valence-corrected chi connectivity index (χ2v) is 11.4. The molecule has 1 fully saturated rings. The van der Waals surface area contributed by atoms with Crippen molar-refractivity contribution in [2.75, 3.05) is 25.4 Å². The summed E-state index contributed by atoms with van der Waals surface area (Å²) in [6.07, 6.45) is 2.63. The van der Waals surface area contributed by atoms with E-state index in [0.29, 0.717) is 55.4 Å². The number of rotatable bonds is 9. The zero-order valence-corrected chi connectivity index (χ0v) is 24.5. The number of nitro benzene ring substituents is 1. The molecule has 42 heavy (non-hydrogen) atoms. The first-order chi connectivity index (χ1) is 20.2. The van der Waals surface area contributed by atoms with Gasteiger partial charge in [-0.3, -0.25) is 24.3 Å². The van der Waals surface area contributed by atoms with Gasteiger partial charge < -0.3 is 14.2 Å². The summed E-state index contributed by atoms with van der Waals surface area (Å²) in [5.74, 6) is 1.69. The summed E-state index contributed by atoms with van der Waals surface area (Å²) in [5.41, 5.74) is 2.79. The number of hydrogen-bond donors (Lipinski definition) is 0. The summed E-state index contributed by atoms with van der Waals surface area (Å²) in [6.45, 7) is 6.78. The molecule has 0 aliphatic carbocycles. The fourth-order valence-electron chi connectivity index (χ4n) is 4.99. The number of furan rings is 1. The summed E-state index contributed by atoms with van der Waals surface area (Å²) in [6, 6.07) is 16.1. The van der Waals surface area contributed by atoms with E-state index in [4.69, 9.17) is 4.42 Å². The average molecular weight is 589 g/mol. The van der Waals surface area contributed by atoms with Crippen LogP contribution in [0.3, 0.4) is 0 Å². The number of carbonyl (C=O) groups excluding carboxylic acids is 2. The molecule has 11 nitrogen and oxygen atoms in total. The van der Waals surface area contributed by atoms with Crippen molar-refractivity contribution in [3.63, 3.8) is 0 Å². The van der Waals surface area contributed by atoms with Crippen LogP contribution in [-0.2, 0) is 4.79 Å². The Hall–Kier alpha value is -4.45. The highest BCUT2D eigenvalue weighted by Crippen LogP contribution is 2.29. The number of amides is 2. The van der Waals surface area contributed by atoms with E-state index < -0.39 is 4.92 Å². The van der Waals surface area contributed by atoms with Crippen LogP contribution in [0.4, 0.5) is 5.69 Å². The van der Waals surface area contributed by atoms with Crippen molar-refractivity contribution in [2.45, 2.75) is 44.8 Å². The number of benzene rings is 2. The molecule has 0 bridgehead atoms. The summed E-state index contributed by atoms with van der Waals surface area (Å²) in [5, 5.41) is 20.8. The van der Waals surface area contributed by atoms with E-state index in [1.54, 1.807) is 35.1 Å². The molecule has 1 aliphatic heterocycles. The largest absolute Gasteiger partial charge is 0.461 e. The third kappa shape index (κ3) is 6.23. The van der Waals surface area contributed by atoms with Crippen molar-refractivity contribution in [1.29, 1.82) is 0 Å². The normalized spacial score (nSPS) is 15.2. The zero-order chi connectivity index (χ0) is 29.8. The molecule has 1 unspecified atom stereocenters. The third-order valence-electron chi connectivity index (χ3n) is 7.33. The Kier molecular flexibility index (Phi) is 8.72.